The number of aliphatic hydroxyl groups excluding tert-OH is 1. The molecular formula is C25H52O. The van der Waals surface area contributed by atoms with E-state index in [9.17, 15) is 0 Å². The molecule has 0 aliphatic rings. The Hall–Kier alpha value is -0.0400. The largest absolute Gasteiger partial charge is 0.396 e. The molecule has 0 aliphatic carbocycles. The van der Waals surface area contributed by atoms with Gasteiger partial charge in [0.05, 0.1) is 0 Å². The lowest BCUT2D eigenvalue weighted by Crippen LogP contribution is -2.02. The summed E-state index contributed by atoms with van der Waals surface area (Å²) in [7, 11) is 0. The van der Waals surface area contributed by atoms with E-state index in [1.165, 1.54) is 128 Å². The van der Waals surface area contributed by atoms with Crippen LogP contribution in [0.2, 0.25) is 0 Å². The molecule has 0 spiro atoms. The van der Waals surface area contributed by atoms with Gasteiger partial charge in [-0.25, -0.2) is 0 Å². The van der Waals surface area contributed by atoms with Crippen LogP contribution in [0, 0.1) is 5.92 Å². The highest BCUT2D eigenvalue weighted by Gasteiger charge is 2.08. The SMILES string of the molecule is CCCCCCCCCCC(CCCCO)CCCCCCCCCC. The Balaban J connectivity index is 3.63. The van der Waals surface area contributed by atoms with E-state index in [-0.39, 0.29) is 0 Å². The number of aliphatic hydroxyl groups is 1. The maximum Gasteiger partial charge on any atom is 0.0431 e. The molecule has 0 heterocycles. The van der Waals surface area contributed by atoms with Crippen LogP contribution in [0.5, 0.6) is 0 Å². The van der Waals surface area contributed by atoms with Crippen LogP contribution in [0.4, 0.5) is 0 Å². The van der Waals surface area contributed by atoms with Crippen molar-refractivity contribution >= 4 is 0 Å². The first kappa shape index (κ1) is 26.0. The second-order valence-corrected chi connectivity index (χ2v) is 8.61. The molecule has 0 aromatic carbocycles. The fraction of sp³-hybridized carbons (Fsp3) is 1.00. The summed E-state index contributed by atoms with van der Waals surface area (Å²) in [6.07, 6.45) is 29.4. The molecule has 0 fully saturated rings. The van der Waals surface area contributed by atoms with Gasteiger partial charge in [0, 0.05) is 6.61 Å². The lowest BCUT2D eigenvalue weighted by Gasteiger charge is -2.17. The summed E-state index contributed by atoms with van der Waals surface area (Å²) >= 11 is 0. The van der Waals surface area contributed by atoms with E-state index in [0.29, 0.717) is 6.61 Å². The lowest BCUT2D eigenvalue weighted by molar-refractivity contribution is 0.272. The Labute approximate surface area is 166 Å². The second kappa shape index (κ2) is 23.0. The third-order valence-electron chi connectivity index (χ3n) is 5.95. The van der Waals surface area contributed by atoms with Crippen molar-refractivity contribution in [3.63, 3.8) is 0 Å². The first-order chi connectivity index (χ1) is 12.8. The van der Waals surface area contributed by atoms with Crippen LogP contribution >= 0.6 is 0 Å². The van der Waals surface area contributed by atoms with E-state index in [4.69, 9.17) is 5.11 Å². The van der Waals surface area contributed by atoms with Gasteiger partial charge in [0.2, 0.25) is 0 Å². The minimum Gasteiger partial charge on any atom is -0.396 e. The molecular weight excluding hydrogens is 316 g/mol. The van der Waals surface area contributed by atoms with Crippen molar-refractivity contribution < 1.29 is 5.11 Å². The molecule has 1 nitrogen and oxygen atoms in total. The van der Waals surface area contributed by atoms with Crippen LogP contribution in [0.15, 0.2) is 0 Å². The van der Waals surface area contributed by atoms with E-state index in [0.717, 1.165) is 12.3 Å². The van der Waals surface area contributed by atoms with Crippen molar-refractivity contribution in [2.24, 2.45) is 5.92 Å². The molecule has 158 valence electrons. The Kier molecular flexibility index (Phi) is 23.0. The molecule has 1 N–H and O–H groups in total. The zero-order valence-corrected chi connectivity index (χ0v) is 18.6. The first-order valence-electron chi connectivity index (χ1n) is 12.5. The molecule has 0 bridgehead atoms. The summed E-state index contributed by atoms with van der Waals surface area (Å²) in [6, 6.07) is 0. The van der Waals surface area contributed by atoms with E-state index in [2.05, 4.69) is 13.8 Å². The van der Waals surface area contributed by atoms with Gasteiger partial charge in [-0.1, -0.05) is 142 Å². The van der Waals surface area contributed by atoms with Crippen LogP contribution in [0.3, 0.4) is 0 Å². The van der Waals surface area contributed by atoms with E-state index >= 15 is 0 Å². The molecule has 0 saturated carbocycles. The molecule has 0 aliphatic heterocycles. The van der Waals surface area contributed by atoms with Gasteiger partial charge in [-0.3, -0.25) is 0 Å². The quantitative estimate of drug-likeness (QED) is 0.189. The smallest absolute Gasteiger partial charge is 0.0431 e. The van der Waals surface area contributed by atoms with Gasteiger partial charge < -0.3 is 5.11 Å². The van der Waals surface area contributed by atoms with E-state index in [1.807, 2.05) is 0 Å². The number of hydrogen-bond donors (Lipinski definition) is 1. The van der Waals surface area contributed by atoms with Crippen molar-refractivity contribution in [2.75, 3.05) is 6.61 Å². The minimum absolute atomic E-state index is 0.377. The van der Waals surface area contributed by atoms with Gasteiger partial charge in [0.25, 0.3) is 0 Å². The lowest BCUT2D eigenvalue weighted by atomic mass is 9.90. The fourth-order valence-electron chi connectivity index (χ4n) is 4.11. The predicted octanol–water partition coefficient (Wildman–Crippen LogP) is 8.83. The molecule has 0 aromatic heterocycles. The summed E-state index contributed by atoms with van der Waals surface area (Å²) in [5, 5.41) is 9.05. The van der Waals surface area contributed by atoms with Gasteiger partial charge >= 0.3 is 0 Å². The minimum atomic E-state index is 0.377. The summed E-state index contributed by atoms with van der Waals surface area (Å²) in [5.41, 5.74) is 0. The number of rotatable bonds is 22. The summed E-state index contributed by atoms with van der Waals surface area (Å²) in [5.74, 6) is 0.932. The maximum atomic E-state index is 9.05. The summed E-state index contributed by atoms with van der Waals surface area (Å²) in [6.45, 7) is 4.97. The zero-order chi connectivity index (χ0) is 19.1. The molecule has 26 heavy (non-hydrogen) atoms. The highest BCUT2D eigenvalue weighted by atomic mass is 16.2. The number of unbranched alkanes of at least 4 members (excludes halogenated alkanes) is 15. The average molecular weight is 369 g/mol. The fourth-order valence-corrected chi connectivity index (χ4v) is 4.11. The molecule has 0 saturated heterocycles. The van der Waals surface area contributed by atoms with Crippen molar-refractivity contribution in [1.29, 1.82) is 0 Å². The Bertz CT molecular complexity index is 218. The van der Waals surface area contributed by atoms with Gasteiger partial charge in [0.1, 0.15) is 0 Å². The van der Waals surface area contributed by atoms with Crippen molar-refractivity contribution in [1.82, 2.24) is 0 Å². The molecule has 0 atom stereocenters. The predicted molar refractivity (Wildman–Crippen MR) is 119 cm³/mol. The molecule has 0 unspecified atom stereocenters. The second-order valence-electron chi connectivity index (χ2n) is 8.61. The van der Waals surface area contributed by atoms with Crippen LogP contribution in [0.1, 0.15) is 149 Å². The molecule has 0 radical (unpaired) electrons. The van der Waals surface area contributed by atoms with Crippen LogP contribution in [-0.4, -0.2) is 11.7 Å². The van der Waals surface area contributed by atoms with Crippen LogP contribution in [0.25, 0.3) is 0 Å². The Morgan fingerprint density at radius 2 is 0.731 bits per heavy atom. The molecule has 0 rings (SSSR count). The normalized spacial score (nSPS) is 11.5. The highest BCUT2D eigenvalue weighted by Crippen LogP contribution is 2.24. The Morgan fingerprint density at radius 3 is 1.08 bits per heavy atom. The van der Waals surface area contributed by atoms with E-state index in [1.54, 1.807) is 0 Å². The maximum absolute atomic E-state index is 9.05. The van der Waals surface area contributed by atoms with Crippen molar-refractivity contribution in [3.8, 4) is 0 Å². The van der Waals surface area contributed by atoms with Gasteiger partial charge in [-0.05, 0) is 12.3 Å². The van der Waals surface area contributed by atoms with Gasteiger partial charge in [0.15, 0.2) is 0 Å². The topological polar surface area (TPSA) is 20.2 Å². The van der Waals surface area contributed by atoms with Gasteiger partial charge in [-0.2, -0.15) is 0 Å². The molecule has 1 heteroatoms. The third-order valence-corrected chi connectivity index (χ3v) is 5.95. The summed E-state index contributed by atoms with van der Waals surface area (Å²) < 4.78 is 0. The van der Waals surface area contributed by atoms with Crippen LogP contribution < -0.4 is 0 Å². The molecule has 0 amide bonds. The van der Waals surface area contributed by atoms with E-state index < -0.39 is 0 Å². The van der Waals surface area contributed by atoms with Crippen molar-refractivity contribution in [2.45, 2.75) is 149 Å². The average Bonchev–Trinajstić information content (AvgIpc) is 2.65. The standard InChI is InChI=1S/C25H52O/c1-3-5-7-9-11-13-15-17-21-25(23-19-20-24-26)22-18-16-14-12-10-8-6-4-2/h25-26H,3-24H2,1-2H3. The summed E-state index contributed by atoms with van der Waals surface area (Å²) in [4.78, 5) is 0. The Morgan fingerprint density at radius 1 is 0.423 bits per heavy atom. The monoisotopic (exact) mass is 368 g/mol. The van der Waals surface area contributed by atoms with Crippen molar-refractivity contribution in [3.05, 3.63) is 0 Å². The molecule has 0 aromatic rings. The van der Waals surface area contributed by atoms with Crippen LogP contribution in [-0.2, 0) is 0 Å². The highest BCUT2D eigenvalue weighted by molar-refractivity contribution is 4.62. The third kappa shape index (κ3) is 20.3. The number of hydrogen-bond acceptors (Lipinski definition) is 1. The first-order valence-corrected chi connectivity index (χ1v) is 12.5. The van der Waals surface area contributed by atoms with Gasteiger partial charge in [-0.15, -0.1) is 0 Å². The zero-order valence-electron chi connectivity index (χ0n) is 18.6.